The van der Waals surface area contributed by atoms with Gasteiger partial charge in [0.25, 0.3) is 0 Å². The van der Waals surface area contributed by atoms with Gasteiger partial charge < -0.3 is 24.8 Å². The molecule has 2 aromatic rings. The first-order valence-corrected chi connectivity index (χ1v) is 9.12. The lowest BCUT2D eigenvalue weighted by Crippen LogP contribution is -2.17. The smallest absolute Gasteiger partial charge is 0.339 e. The highest BCUT2D eigenvalue weighted by Gasteiger charge is 2.12. The van der Waals surface area contributed by atoms with E-state index < -0.39 is 5.97 Å². The Hall–Kier alpha value is -2.93. The molecule has 0 radical (unpaired) electrons. The summed E-state index contributed by atoms with van der Waals surface area (Å²) < 4.78 is 16.3. The summed E-state index contributed by atoms with van der Waals surface area (Å²) >= 11 is 5.97. The normalized spacial score (nSPS) is 11.1. The molecular formula is C20H23ClN2O5. The van der Waals surface area contributed by atoms with Crippen LogP contribution in [0.25, 0.3) is 0 Å². The molecule has 0 heterocycles. The van der Waals surface area contributed by atoms with Gasteiger partial charge in [-0.05, 0) is 49.7 Å². The zero-order valence-corrected chi connectivity index (χ0v) is 16.8. The summed E-state index contributed by atoms with van der Waals surface area (Å²) in [6.07, 6.45) is -0.00403. The van der Waals surface area contributed by atoms with Crippen molar-refractivity contribution >= 4 is 23.4 Å². The number of nitrogens with two attached hydrogens (primary N) is 1. The largest absolute Gasteiger partial charge is 0.496 e. The van der Waals surface area contributed by atoms with Crippen LogP contribution in [0.5, 0.6) is 17.2 Å². The molecule has 0 amide bonds. The van der Waals surface area contributed by atoms with Gasteiger partial charge in [-0.15, -0.1) is 0 Å². The van der Waals surface area contributed by atoms with Crippen molar-refractivity contribution in [2.24, 2.45) is 10.9 Å². The topological polar surface area (TPSA) is 92.4 Å². The molecule has 0 saturated carbocycles. The molecule has 150 valence electrons. The number of benzene rings is 2. The molecule has 0 fully saturated rings. The number of hydrogen-bond acceptors (Lipinski definition) is 6. The van der Waals surface area contributed by atoms with Gasteiger partial charge >= 0.3 is 5.97 Å². The van der Waals surface area contributed by atoms with E-state index in [-0.39, 0.29) is 12.3 Å². The maximum absolute atomic E-state index is 12.1. The van der Waals surface area contributed by atoms with Crippen LogP contribution in [0.2, 0.25) is 5.02 Å². The summed E-state index contributed by atoms with van der Waals surface area (Å²) in [5.74, 6) is 1.07. The summed E-state index contributed by atoms with van der Waals surface area (Å²) in [5, 5.41) is 4.15. The molecule has 0 aliphatic rings. The van der Waals surface area contributed by atoms with Crippen LogP contribution in [0.3, 0.4) is 0 Å². The number of hydrogen-bond donors (Lipinski definition) is 1. The summed E-state index contributed by atoms with van der Waals surface area (Å²) in [6.45, 7) is 4.76. The van der Waals surface area contributed by atoms with Gasteiger partial charge in [0.1, 0.15) is 5.75 Å². The minimum Gasteiger partial charge on any atom is -0.496 e. The maximum atomic E-state index is 12.1. The highest BCUT2D eigenvalue weighted by molar-refractivity contribution is 6.31. The van der Waals surface area contributed by atoms with Crippen LogP contribution in [0.15, 0.2) is 41.6 Å². The van der Waals surface area contributed by atoms with Crippen LogP contribution >= 0.6 is 11.6 Å². The average molecular weight is 407 g/mol. The fourth-order valence-electron chi connectivity index (χ4n) is 2.43. The first-order chi connectivity index (χ1) is 13.5. The van der Waals surface area contributed by atoms with Gasteiger partial charge in [-0.25, -0.2) is 4.79 Å². The molecule has 2 N–H and O–H groups in total. The first-order valence-electron chi connectivity index (χ1n) is 8.74. The molecule has 0 bridgehead atoms. The van der Waals surface area contributed by atoms with Crippen molar-refractivity contribution in [2.45, 2.75) is 20.3 Å². The summed E-state index contributed by atoms with van der Waals surface area (Å²) in [4.78, 5) is 17.1. The molecule has 0 atom stereocenters. The standard InChI is InChI=1S/C20H23ClN2O5/c1-4-26-17-8-6-13(10-18(17)27-5-2)11-19(24)28-23-20(22)15-12-14(21)7-9-16(15)25-3/h6-10,12H,4-5,11H2,1-3H3,(H2,22,23). The molecule has 0 unspecified atom stereocenters. The van der Waals surface area contributed by atoms with Crippen molar-refractivity contribution < 1.29 is 23.8 Å². The van der Waals surface area contributed by atoms with Crippen LogP contribution in [0.1, 0.15) is 25.0 Å². The maximum Gasteiger partial charge on any atom is 0.339 e. The number of rotatable bonds is 9. The Morgan fingerprint density at radius 1 is 1.04 bits per heavy atom. The number of oxime groups is 1. The van der Waals surface area contributed by atoms with Crippen molar-refractivity contribution in [1.82, 2.24) is 0 Å². The lowest BCUT2D eigenvalue weighted by molar-refractivity contribution is -0.142. The molecule has 8 heteroatoms. The summed E-state index contributed by atoms with van der Waals surface area (Å²) in [5.41, 5.74) is 7.03. The molecule has 0 aliphatic heterocycles. The Morgan fingerprint density at radius 2 is 1.71 bits per heavy atom. The molecule has 2 aromatic carbocycles. The Bertz CT molecular complexity index is 854. The van der Waals surface area contributed by atoms with Crippen LogP contribution in [0.4, 0.5) is 0 Å². The van der Waals surface area contributed by atoms with Crippen LogP contribution in [-0.4, -0.2) is 32.1 Å². The van der Waals surface area contributed by atoms with Crippen molar-refractivity contribution in [3.05, 3.63) is 52.5 Å². The van der Waals surface area contributed by atoms with Gasteiger partial charge in [-0.3, -0.25) is 0 Å². The number of nitrogens with zero attached hydrogens (tertiary/aromatic N) is 1. The second kappa shape index (κ2) is 10.4. The zero-order chi connectivity index (χ0) is 20.5. The molecule has 0 saturated heterocycles. The average Bonchev–Trinajstić information content (AvgIpc) is 2.68. The summed E-state index contributed by atoms with van der Waals surface area (Å²) in [7, 11) is 1.49. The quantitative estimate of drug-likeness (QED) is 0.296. The second-order valence-electron chi connectivity index (χ2n) is 5.61. The van der Waals surface area contributed by atoms with E-state index in [2.05, 4.69) is 5.16 Å². The lowest BCUT2D eigenvalue weighted by atomic mass is 10.1. The minimum absolute atomic E-state index is 0.00403. The number of halogens is 1. The Labute approximate surface area is 169 Å². The number of ether oxygens (including phenoxy) is 3. The van der Waals surface area contributed by atoms with Crippen molar-refractivity contribution in [3.8, 4) is 17.2 Å². The number of amidine groups is 1. The third kappa shape index (κ3) is 5.79. The Morgan fingerprint density at radius 3 is 2.39 bits per heavy atom. The van der Waals surface area contributed by atoms with Crippen LogP contribution in [-0.2, 0) is 16.1 Å². The van der Waals surface area contributed by atoms with Crippen molar-refractivity contribution in [1.29, 1.82) is 0 Å². The molecule has 2 rings (SSSR count). The van der Waals surface area contributed by atoms with Gasteiger partial charge in [0.05, 0.1) is 32.3 Å². The minimum atomic E-state index is -0.574. The number of carbonyl (C=O) groups excluding carboxylic acids is 1. The van der Waals surface area contributed by atoms with E-state index in [1.807, 2.05) is 13.8 Å². The number of methoxy groups -OCH3 is 1. The van der Waals surface area contributed by atoms with Gasteiger partial charge in [-0.1, -0.05) is 22.8 Å². The monoisotopic (exact) mass is 406 g/mol. The fraction of sp³-hybridized carbons (Fsp3) is 0.300. The van der Waals surface area contributed by atoms with Crippen LogP contribution in [0, 0.1) is 0 Å². The molecular weight excluding hydrogens is 384 g/mol. The second-order valence-corrected chi connectivity index (χ2v) is 6.04. The third-order valence-electron chi connectivity index (χ3n) is 3.64. The lowest BCUT2D eigenvalue weighted by Gasteiger charge is -2.12. The van der Waals surface area contributed by atoms with Gasteiger partial charge in [-0.2, -0.15) is 0 Å². The first kappa shape index (κ1) is 21.4. The highest BCUT2D eigenvalue weighted by Crippen LogP contribution is 2.29. The van der Waals surface area contributed by atoms with Crippen molar-refractivity contribution in [2.75, 3.05) is 20.3 Å². The predicted octanol–water partition coefficient (Wildman–Crippen LogP) is 3.55. The van der Waals surface area contributed by atoms with E-state index in [0.717, 1.165) is 0 Å². The Balaban J connectivity index is 2.08. The highest BCUT2D eigenvalue weighted by atomic mass is 35.5. The van der Waals surface area contributed by atoms with Crippen LogP contribution < -0.4 is 19.9 Å². The van der Waals surface area contributed by atoms with E-state index in [4.69, 9.17) is 36.4 Å². The SMILES string of the molecule is CCOc1ccc(CC(=O)O/N=C(\N)c2cc(Cl)ccc2OC)cc1OCC. The van der Waals surface area contributed by atoms with E-state index >= 15 is 0 Å². The fourth-order valence-corrected chi connectivity index (χ4v) is 2.61. The predicted molar refractivity (Wildman–Crippen MR) is 107 cm³/mol. The molecule has 0 aliphatic carbocycles. The molecule has 0 spiro atoms. The third-order valence-corrected chi connectivity index (χ3v) is 3.87. The van der Waals surface area contributed by atoms with E-state index in [0.29, 0.717) is 46.6 Å². The van der Waals surface area contributed by atoms with Gasteiger partial charge in [0, 0.05) is 5.02 Å². The number of carbonyl (C=O) groups is 1. The Kier molecular flexibility index (Phi) is 7.95. The molecule has 7 nitrogen and oxygen atoms in total. The van der Waals surface area contributed by atoms with Gasteiger partial charge in [0.15, 0.2) is 17.3 Å². The molecule has 28 heavy (non-hydrogen) atoms. The van der Waals surface area contributed by atoms with E-state index in [1.54, 1.807) is 36.4 Å². The van der Waals surface area contributed by atoms with E-state index in [9.17, 15) is 4.79 Å². The van der Waals surface area contributed by atoms with Gasteiger partial charge in [0.2, 0.25) is 0 Å². The summed E-state index contributed by atoms with van der Waals surface area (Å²) in [6, 6.07) is 10.1. The van der Waals surface area contributed by atoms with E-state index in [1.165, 1.54) is 7.11 Å². The molecule has 0 aromatic heterocycles. The zero-order valence-electron chi connectivity index (χ0n) is 16.0. The van der Waals surface area contributed by atoms with Crippen molar-refractivity contribution in [3.63, 3.8) is 0 Å².